The molecule has 0 aliphatic heterocycles. The molecule has 96 valence electrons. The zero-order valence-corrected chi connectivity index (χ0v) is 10.8. The van der Waals surface area contributed by atoms with Crippen molar-refractivity contribution in [2.75, 3.05) is 0 Å². The largest absolute Gasteiger partial charge is 0.267 e. The van der Waals surface area contributed by atoms with Gasteiger partial charge in [-0.3, -0.25) is 0 Å². The SMILES string of the molecule is Cn1nnnc1S(=O)(=O)Cc1ccc(F)cc1Cl. The van der Waals surface area contributed by atoms with Gasteiger partial charge in [0.25, 0.3) is 5.16 Å². The highest BCUT2D eigenvalue weighted by Crippen LogP contribution is 2.21. The van der Waals surface area contributed by atoms with E-state index in [9.17, 15) is 12.8 Å². The van der Waals surface area contributed by atoms with Crippen LogP contribution in [0.25, 0.3) is 0 Å². The summed E-state index contributed by atoms with van der Waals surface area (Å²) in [4.78, 5) is 0. The lowest BCUT2D eigenvalue weighted by atomic mass is 10.2. The number of nitrogens with zero attached hydrogens (tertiary/aromatic N) is 4. The maximum absolute atomic E-state index is 12.8. The van der Waals surface area contributed by atoms with E-state index in [-0.39, 0.29) is 15.9 Å². The molecule has 2 aromatic rings. The number of rotatable bonds is 3. The van der Waals surface area contributed by atoms with Gasteiger partial charge < -0.3 is 0 Å². The van der Waals surface area contributed by atoms with Crippen LogP contribution in [0.3, 0.4) is 0 Å². The van der Waals surface area contributed by atoms with Gasteiger partial charge in [0.1, 0.15) is 5.82 Å². The highest BCUT2D eigenvalue weighted by Gasteiger charge is 2.23. The number of tetrazole rings is 1. The molecule has 1 aromatic carbocycles. The van der Waals surface area contributed by atoms with Gasteiger partial charge in [-0.1, -0.05) is 22.8 Å². The van der Waals surface area contributed by atoms with Gasteiger partial charge in [-0.05, 0) is 28.1 Å². The van der Waals surface area contributed by atoms with Gasteiger partial charge in [-0.15, -0.1) is 0 Å². The van der Waals surface area contributed by atoms with E-state index >= 15 is 0 Å². The van der Waals surface area contributed by atoms with Crippen LogP contribution in [-0.4, -0.2) is 28.6 Å². The van der Waals surface area contributed by atoms with E-state index in [1.54, 1.807) is 0 Å². The molecule has 18 heavy (non-hydrogen) atoms. The third-order valence-electron chi connectivity index (χ3n) is 2.22. The minimum Gasteiger partial charge on any atom is -0.220 e. The molecular weight excluding hydrogens is 283 g/mol. The summed E-state index contributed by atoms with van der Waals surface area (Å²) in [7, 11) is -2.30. The Hall–Kier alpha value is -1.54. The average molecular weight is 291 g/mol. The van der Waals surface area contributed by atoms with E-state index in [4.69, 9.17) is 11.6 Å². The normalized spacial score (nSPS) is 11.7. The summed E-state index contributed by atoms with van der Waals surface area (Å²) in [5.41, 5.74) is 0.293. The van der Waals surface area contributed by atoms with Crippen LogP contribution in [-0.2, 0) is 22.6 Å². The van der Waals surface area contributed by atoms with Gasteiger partial charge in [0.15, 0.2) is 0 Å². The van der Waals surface area contributed by atoms with Crippen LogP contribution in [0.1, 0.15) is 5.56 Å². The van der Waals surface area contributed by atoms with Gasteiger partial charge in [-0.25, -0.2) is 17.5 Å². The molecule has 0 aliphatic carbocycles. The van der Waals surface area contributed by atoms with Gasteiger partial charge in [0, 0.05) is 12.1 Å². The van der Waals surface area contributed by atoms with Crippen LogP contribution >= 0.6 is 11.6 Å². The Kier molecular flexibility index (Phi) is 3.31. The summed E-state index contributed by atoms with van der Waals surface area (Å²) in [6.07, 6.45) is 0. The summed E-state index contributed by atoms with van der Waals surface area (Å²) in [5.74, 6) is -0.915. The van der Waals surface area contributed by atoms with E-state index < -0.39 is 15.7 Å². The maximum atomic E-state index is 12.8. The molecule has 9 heteroatoms. The van der Waals surface area contributed by atoms with Crippen LogP contribution in [0, 0.1) is 5.82 Å². The van der Waals surface area contributed by atoms with Crippen molar-refractivity contribution in [3.63, 3.8) is 0 Å². The fourth-order valence-corrected chi connectivity index (χ4v) is 3.10. The summed E-state index contributed by atoms with van der Waals surface area (Å²) < 4.78 is 37.9. The topological polar surface area (TPSA) is 77.7 Å². The average Bonchev–Trinajstić information content (AvgIpc) is 2.69. The molecule has 0 atom stereocenters. The summed E-state index contributed by atoms with van der Waals surface area (Å²) >= 11 is 5.77. The molecule has 6 nitrogen and oxygen atoms in total. The molecule has 1 heterocycles. The second-order valence-corrected chi connectivity index (χ2v) is 5.87. The first-order valence-corrected chi connectivity index (χ1v) is 6.82. The van der Waals surface area contributed by atoms with Crippen molar-refractivity contribution in [3.05, 3.63) is 34.6 Å². The maximum Gasteiger partial charge on any atom is 0.267 e. The Labute approximate surface area is 107 Å². The Morgan fingerprint density at radius 3 is 2.72 bits per heavy atom. The first-order valence-electron chi connectivity index (χ1n) is 4.79. The molecular formula is C9H8ClFN4O2S. The molecule has 0 fully saturated rings. The first kappa shape index (κ1) is 12.9. The van der Waals surface area contributed by atoms with Crippen molar-refractivity contribution in [1.82, 2.24) is 20.2 Å². The van der Waals surface area contributed by atoms with Crippen LogP contribution in [0.5, 0.6) is 0 Å². The quantitative estimate of drug-likeness (QED) is 0.842. The van der Waals surface area contributed by atoms with E-state index in [1.165, 1.54) is 13.1 Å². The van der Waals surface area contributed by atoms with E-state index in [2.05, 4.69) is 15.5 Å². The van der Waals surface area contributed by atoms with Crippen molar-refractivity contribution < 1.29 is 12.8 Å². The van der Waals surface area contributed by atoms with E-state index in [1.807, 2.05) is 0 Å². The molecule has 0 amide bonds. The third-order valence-corrected chi connectivity index (χ3v) is 4.17. The lowest BCUT2D eigenvalue weighted by Gasteiger charge is -2.04. The number of aromatic nitrogens is 4. The Bertz CT molecular complexity index is 686. The van der Waals surface area contributed by atoms with Crippen LogP contribution < -0.4 is 0 Å². The molecule has 0 unspecified atom stereocenters. The molecule has 0 saturated carbocycles. The predicted molar refractivity (Wildman–Crippen MR) is 61.1 cm³/mol. The monoisotopic (exact) mass is 290 g/mol. The zero-order chi connectivity index (χ0) is 13.3. The number of benzene rings is 1. The zero-order valence-electron chi connectivity index (χ0n) is 9.21. The minimum absolute atomic E-state index is 0.0497. The van der Waals surface area contributed by atoms with Crippen molar-refractivity contribution in [2.45, 2.75) is 10.9 Å². The Morgan fingerprint density at radius 1 is 1.44 bits per heavy atom. The van der Waals surface area contributed by atoms with E-state index in [0.717, 1.165) is 16.8 Å². The predicted octanol–water partition coefficient (Wildman–Crippen LogP) is 0.976. The van der Waals surface area contributed by atoms with Crippen LogP contribution in [0.15, 0.2) is 23.4 Å². The van der Waals surface area contributed by atoms with Crippen molar-refractivity contribution in [1.29, 1.82) is 0 Å². The number of halogens is 2. The first-order chi connectivity index (χ1) is 8.40. The lowest BCUT2D eigenvalue weighted by Crippen LogP contribution is -2.12. The minimum atomic E-state index is -3.72. The van der Waals surface area contributed by atoms with Crippen molar-refractivity contribution in [3.8, 4) is 0 Å². The summed E-state index contributed by atoms with van der Waals surface area (Å²) in [6.45, 7) is 0. The smallest absolute Gasteiger partial charge is 0.220 e. The number of hydrogen-bond acceptors (Lipinski definition) is 5. The number of aryl methyl sites for hydroxylation is 1. The molecule has 0 N–H and O–H groups in total. The fourth-order valence-electron chi connectivity index (χ4n) is 1.39. The molecule has 0 spiro atoms. The van der Waals surface area contributed by atoms with Gasteiger partial charge >= 0.3 is 0 Å². The number of hydrogen-bond donors (Lipinski definition) is 0. The third kappa shape index (κ3) is 2.49. The van der Waals surface area contributed by atoms with Crippen LogP contribution in [0.2, 0.25) is 5.02 Å². The van der Waals surface area contributed by atoms with Crippen molar-refractivity contribution in [2.24, 2.45) is 7.05 Å². The van der Waals surface area contributed by atoms with Gasteiger partial charge in [0.2, 0.25) is 9.84 Å². The molecule has 0 saturated heterocycles. The molecule has 0 bridgehead atoms. The standard InChI is InChI=1S/C9H8ClFN4O2S/c1-15-9(12-13-14-15)18(16,17)5-6-2-3-7(11)4-8(6)10/h2-4H,5H2,1H3. The van der Waals surface area contributed by atoms with Gasteiger partial charge in [-0.2, -0.15) is 0 Å². The fraction of sp³-hybridized carbons (Fsp3) is 0.222. The lowest BCUT2D eigenvalue weighted by molar-refractivity contribution is 0.568. The van der Waals surface area contributed by atoms with Crippen molar-refractivity contribution >= 4 is 21.4 Å². The van der Waals surface area contributed by atoms with Gasteiger partial charge in [0.05, 0.1) is 5.75 Å². The second kappa shape index (κ2) is 4.62. The van der Waals surface area contributed by atoms with Crippen LogP contribution in [0.4, 0.5) is 4.39 Å². The molecule has 2 rings (SSSR count). The Balaban J connectivity index is 2.37. The molecule has 0 aliphatic rings. The number of sulfone groups is 1. The summed E-state index contributed by atoms with van der Waals surface area (Å²) in [6, 6.07) is 3.52. The Morgan fingerprint density at radius 2 is 2.17 bits per heavy atom. The summed E-state index contributed by atoms with van der Waals surface area (Å²) in [5, 5.41) is 9.92. The molecule has 1 aromatic heterocycles. The van der Waals surface area contributed by atoms with E-state index in [0.29, 0.717) is 5.56 Å². The highest BCUT2D eigenvalue weighted by molar-refractivity contribution is 7.90. The second-order valence-electron chi connectivity index (χ2n) is 3.58. The highest BCUT2D eigenvalue weighted by atomic mass is 35.5. The molecule has 0 radical (unpaired) electrons.